The van der Waals surface area contributed by atoms with Gasteiger partial charge in [-0.2, -0.15) is 5.10 Å². The summed E-state index contributed by atoms with van der Waals surface area (Å²) in [5.41, 5.74) is 3.60. The molecule has 0 atom stereocenters. The summed E-state index contributed by atoms with van der Waals surface area (Å²) in [4.78, 5) is 26.1. The molecule has 4 rings (SSSR count). The predicted octanol–water partition coefficient (Wildman–Crippen LogP) is 3.44. The number of benzene rings is 1. The van der Waals surface area contributed by atoms with Gasteiger partial charge >= 0.3 is 5.82 Å². The summed E-state index contributed by atoms with van der Waals surface area (Å²) in [6.45, 7) is 0. The van der Waals surface area contributed by atoms with Gasteiger partial charge in [0.1, 0.15) is 6.20 Å². The van der Waals surface area contributed by atoms with Crippen molar-refractivity contribution in [1.29, 1.82) is 0 Å². The summed E-state index contributed by atoms with van der Waals surface area (Å²) in [6, 6.07) is 12.4. The number of nitro groups is 1. The molecule has 0 radical (unpaired) electrons. The Morgan fingerprint density at radius 1 is 1.19 bits per heavy atom. The lowest BCUT2D eigenvalue weighted by Crippen LogP contribution is -2.14. The van der Waals surface area contributed by atoms with E-state index in [9.17, 15) is 14.9 Å². The van der Waals surface area contributed by atoms with Crippen molar-refractivity contribution in [1.82, 2.24) is 15.2 Å². The molecular formula is C19H17N5O3. The highest BCUT2D eigenvalue weighted by atomic mass is 16.6. The lowest BCUT2D eigenvalue weighted by Gasteiger charge is -2.04. The summed E-state index contributed by atoms with van der Waals surface area (Å²) in [5.74, 6) is 0.795. The first-order valence-corrected chi connectivity index (χ1v) is 8.63. The Bertz CT molecular complexity index is 975. The van der Waals surface area contributed by atoms with Crippen LogP contribution in [0.4, 0.5) is 11.6 Å². The molecule has 1 fully saturated rings. The second-order valence-electron chi connectivity index (χ2n) is 6.57. The normalized spacial score (nSPS) is 13.3. The van der Waals surface area contributed by atoms with E-state index in [4.69, 9.17) is 0 Å². The van der Waals surface area contributed by atoms with E-state index in [0.717, 1.165) is 22.4 Å². The second kappa shape index (κ2) is 6.99. The Morgan fingerprint density at radius 3 is 2.56 bits per heavy atom. The Morgan fingerprint density at radius 2 is 1.93 bits per heavy atom. The number of pyridine rings is 1. The molecule has 1 aliphatic carbocycles. The average Bonchev–Trinajstić information content (AvgIpc) is 3.42. The fraction of sp³-hybridized carbons (Fsp3) is 0.211. The number of nitrogens with zero attached hydrogens (tertiary/aromatic N) is 3. The van der Waals surface area contributed by atoms with Gasteiger partial charge in [-0.25, -0.2) is 0 Å². The van der Waals surface area contributed by atoms with Crippen molar-refractivity contribution in [2.75, 3.05) is 5.32 Å². The van der Waals surface area contributed by atoms with Crippen molar-refractivity contribution >= 4 is 17.5 Å². The van der Waals surface area contributed by atoms with Crippen LogP contribution in [0.3, 0.4) is 0 Å². The molecule has 8 heteroatoms. The van der Waals surface area contributed by atoms with Gasteiger partial charge in [0, 0.05) is 29.3 Å². The van der Waals surface area contributed by atoms with Gasteiger partial charge in [-0.15, -0.1) is 0 Å². The number of carbonyl (C=O) groups excluding carboxylic acids is 1. The summed E-state index contributed by atoms with van der Waals surface area (Å²) in [7, 11) is 0. The summed E-state index contributed by atoms with van der Waals surface area (Å²) in [5, 5.41) is 20.5. The van der Waals surface area contributed by atoms with Crippen LogP contribution >= 0.6 is 0 Å². The quantitative estimate of drug-likeness (QED) is 0.514. The zero-order chi connectivity index (χ0) is 18.8. The molecule has 3 aromatic rings. The maximum absolute atomic E-state index is 12.2. The van der Waals surface area contributed by atoms with Gasteiger partial charge in [0.05, 0.1) is 6.42 Å². The maximum Gasteiger partial charge on any atom is 0.363 e. The van der Waals surface area contributed by atoms with Gasteiger partial charge in [-0.05, 0) is 39.9 Å². The van der Waals surface area contributed by atoms with Crippen LogP contribution in [-0.4, -0.2) is 26.0 Å². The maximum atomic E-state index is 12.2. The zero-order valence-electron chi connectivity index (χ0n) is 14.4. The van der Waals surface area contributed by atoms with Gasteiger partial charge in [0.2, 0.25) is 5.91 Å². The third kappa shape index (κ3) is 4.00. The number of nitrogens with one attached hydrogen (secondary N) is 2. The lowest BCUT2D eigenvalue weighted by molar-refractivity contribution is -0.389. The van der Waals surface area contributed by atoms with Gasteiger partial charge in [0.15, 0.2) is 5.82 Å². The van der Waals surface area contributed by atoms with Crippen LogP contribution < -0.4 is 5.32 Å². The highest BCUT2D eigenvalue weighted by Gasteiger charge is 2.25. The van der Waals surface area contributed by atoms with Crippen molar-refractivity contribution in [2.24, 2.45) is 0 Å². The van der Waals surface area contributed by atoms with Crippen LogP contribution in [0.5, 0.6) is 0 Å². The second-order valence-corrected chi connectivity index (χ2v) is 6.57. The monoisotopic (exact) mass is 363 g/mol. The van der Waals surface area contributed by atoms with E-state index < -0.39 is 4.92 Å². The van der Waals surface area contributed by atoms with Crippen LogP contribution in [0.15, 0.2) is 48.7 Å². The first-order chi connectivity index (χ1) is 13.1. The van der Waals surface area contributed by atoms with Gasteiger partial charge < -0.3 is 15.4 Å². The van der Waals surface area contributed by atoms with E-state index in [2.05, 4.69) is 20.5 Å². The molecule has 27 heavy (non-hydrogen) atoms. The molecule has 1 amide bonds. The van der Waals surface area contributed by atoms with Crippen LogP contribution in [0, 0.1) is 10.1 Å². The molecule has 1 saturated carbocycles. The molecule has 0 bridgehead atoms. The SMILES string of the molecule is O=C(Cc1ccc(-c2ccc([N+](=O)[O-])nc2)cc1)Nc1cc(C2CC2)[nH]n1. The van der Waals surface area contributed by atoms with E-state index in [1.807, 2.05) is 30.3 Å². The highest BCUT2D eigenvalue weighted by Crippen LogP contribution is 2.39. The number of rotatable bonds is 6. The topological polar surface area (TPSA) is 114 Å². The summed E-state index contributed by atoms with van der Waals surface area (Å²) >= 11 is 0. The number of hydrogen-bond donors (Lipinski definition) is 2. The van der Waals surface area contributed by atoms with Crippen molar-refractivity contribution in [3.05, 3.63) is 70.0 Å². The lowest BCUT2D eigenvalue weighted by atomic mass is 10.0. The smallest absolute Gasteiger partial charge is 0.358 e. The summed E-state index contributed by atoms with van der Waals surface area (Å²) in [6.07, 6.45) is 4.05. The van der Waals surface area contributed by atoms with E-state index in [1.54, 1.807) is 6.07 Å². The van der Waals surface area contributed by atoms with Crippen LogP contribution in [0.25, 0.3) is 11.1 Å². The Labute approximate surface area is 154 Å². The minimum atomic E-state index is -0.529. The van der Waals surface area contributed by atoms with E-state index in [1.165, 1.54) is 25.1 Å². The fourth-order valence-corrected chi connectivity index (χ4v) is 2.86. The molecule has 0 saturated heterocycles. The number of aromatic amines is 1. The van der Waals surface area contributed by atoms with Crippen LogP contribution in [0.2, 0.25) is 0 Å². The van der Waals surface area contributed by atoms with E-state index in [0.29, 0.717) is 11.7 Å². The third-order valence-electron chi connectivity index (χ3n) is 4.47. The van der Waals surface area contributed by atoms with Crippen molar-refractivity contribution in [3.8, 4) is 11.1 Å². The van der Waals surface area contributed by atoms with Crippen LogP contribution in [0.1, 0.15) is 30.0 Å². The number of hydrogen-bond acceptors (Lipinski definition) is 5. The van der Waals surface area contributed by atoms with Gasteiger partial charge in [-0.1, -0.05) is 24.3 Å². The average molecular weight is 363 g/mol. The molecule has 1 aromatic carbocycles. The van der Waals surface area contributed by atoms with Gasteiger partial charge in [-0.3, -0.25) is 9.89 Å². The molecule has 2 heterocycles. The van der Waals surface area contributed by atoms with E-state index in [-0.39, 0.29) is 18.1 Å². The molecule has 2 N–H and O–H groups in total. The molecule has 1 aliphatic rings. The van der Waals surface area contributed by atoms with Crippen molar-refractivity contribution in [3.63, 3.8) is 0 Å². The molecular weight excluding hydrogens is 346 g/mol. The highest BCUT2D eigenvalue weighted by molar-refractivity contribution is 5.91. The van der Waals surface area contributed by atoms with Crippen molar-refractivity contribution in [2.45, 2.75) is 25.2 Å². The Kier molecular flexibility index (Phi) is 4.37. The Hall–Kier alpha value is -3.55. The molecule has 2 aromatic heterocycles. The minimum absolute atomic E-state index is 0.131. The summed E-state index contributed by atoms with van der Waals surface area (Å²) < 4.78 is 0. The van der Waals surface area contributed by atoms with Crippen molar-refractivity contribution < 1.29 is 9.72 Å². The number of anilines is 1. The minimum Gasteiger partial charge on any atom is -0.358 e. The number of amides is 1. The standard InChI is InChI=1S/C19H17N5O3/c25-19(21-17-10-16(22-23-17)14-5-6-14)9-12-1-3-13(4-2-12)15-7-8-18(20-11-15)24(26)27/h1-4,7-8,10-11,14H,5-6,9H2,(H2,21,22,23,25). The zero-order valence-corrected chi connectivity index (χ0v) is 14.4. The molecule has 8 nitrogen and oxygen atoms in total. The first kappa shape index (κ1) is 16.9. The first-order valence-electron chi connectivity index (χ1n) is 8.63. The Balaban J connectivity index is 1.37. The fourth-order valence-electron chi connectivity index (χ4n) is 2.86. The van der Waals surface area contributed by atoms with Crippen LogP contribution in [-0.2, 0) is 11.2 Å². The molecule has 0 aliphatic heterocycles. The number of aromatic nitrogens is 3. The largest absolute Gasteiger partial charge is 0.363 e. The number of carbonyl (C=O) groups is 1. The molecule has 0 spiro atoms. The van der Waals surface area contributed by atoms with E-state index >= 15 is 0 Å². The number of H-pyrrole nitrogens is 1. The predicted molar refractivity (Wildman–Crippen MR) is 99.2 cm³/mol. The van der Waals surface area contributed by atoms with Gasteiger partial charge in [0.25, 0.3) is 0 Å². The molecule has 136 valence electrons. The third-order valence-corrected chi connectivity index (χ3v) is 4.47. The molecule has 0 unspecified atom stereocenters.